The van der Waals surface area contributed by atoms with E-state index in [1.54, 1.807) is 7.11 Å². The molecular weight excluding hydrogens is 208 g/mol. The summed E-state index contributed by atoms with van der Waals surface area (Å²) in [6.45, 7) is 6.60. The maximum absolute atomic E-state index is 5.48. The van der Waals surface area contributed by atoms with Gasteiger partial charge in [-0.15, -0.1) is 0 Å². The summed E-state index contributed by atoms with van der Waals surface area (Å²) < 4.78 is 15.6. The standard InChI is InChI=1S/C11H24N2O3/c1-13(11-9-12-10-11)3-4-15-7-8-16-6-5-14-2/h11-12H,3-10H2,1-2H3. The molecule has 5 heteroatoms. The summed E-state index contributed by atoms with van der Waals surface area (Å²) in [6.07, 6.45) is 0. The Morgan fingerprint density at radius 2 is 1.69 bits per heavy atom. The normalized spacial score (nSPS) is 16.7. The second kappa shape index (κ2) is 8.90. The first kappa shape index (κ1) is 13.9. The summed E-state index contributed by atoms with van der Waals surface area (Å²) in [5, 5.41) is 3.26. The van der Waals surface area contributed by atoms with Crippen molar-refractivity contribution in [2.45, 2.75) is 6.04 Å². The number of hydrogen-bond acceptors (Lipinski definition) is 5. The fourth-order valence-electron chi connectivity index (χ4n) is 1.44. The van der Waals surface area contributed by atoms with E-state index in [1.807, 2.05) is 0 Å². The zero-order valence-corrected chi connectivity index (χ0v) is 10.4. The van der Waals surface area contributed by atoms with E-state index in [2.05, 4.69) is 17.3 Å². The highest BCUT2D eigenvalue weighted by molar-refractivity contribution is 4.82. The summed E-state index contributed by atoms with van der Waals surface area (Å²) in [4.78, 5) is 2.34. The van der Waals surface area contributed by atoms with Gasteiger partial charge in [0.2, 0.25) is 0 Å². The number of hydrogen-bond donors (Lipinski definition) is 1. The highest BCUT2D eigenvalue weighted by Crippen LogP contribution is 2.00. The number of rotatable bonds is 10. The van der Waals surface area contributed by atoms with Crippen molar-refractivity contribution in [3.05, 3.63) is 0 Å². The summed E-state index contributed by atoms with van der Waals surface area (Å²) in [7, 11) is 3.81. The zero-order valence-electron chi connectivity index (χ0n) is 10.4. The van der Waals surface area contributed by atoms with Crippen LogP contribution in [0.5, 0.6) is 0 Å². The molecule has 0 radical (unpaired) electrons. The number of nitrogens with one attached hydrogen (secondary N) is 1. The molecule has 0 unspecified atom stereocenters. The summed E-state index contributed by atoms with van der Waals surface area (Å²) in [6, 6.07) is 0.696. The van der Waals surface area contributed by atoms with Crippen LogP contribution in [0.25, 0.3) is 0 Å². The van der Waals surface area contributed by atoms with Crippen molar-refractivity contribution in [2.75, 3.05) is 66.8 Å². The van der Waals surface area contributed by atoms with Gasteiger partial charge in [0, 0.05) is 32.8 Å². The molecule has 1 rings (SSSR count). The lowest BCUT2D eigenvalue weighted by molar-refractivity contribution is 0.0169. The average Bonchev–Trinajstić information content (AvgIpc) is 2.19. The highest BCUT2D eigenvalue weighted by atomic mass is 16.5. The Kier molecular flexibility index (Phi) is 7.71. The monoisotopic (exact) mass is 232 g/mol. The van der Waals surface area contributed by atoms with Crippen LogP contribution >= 0.6 is 0 Å². The van der Waals surface area contributed by atoms with Gasteiger partial charge in [-0.05, 0) is 7.05 Å². The largest absolute Gasteiger partial charge is 0.382 e. The summed E-state index contributed by atoms with van der Waals surface area (Å²) in [5.74, 6) is 0. The highest BCUT2D eigenvalue weighted by Gasteiger charge is 2.20. The zero-order chi connectivity index (χ0) is 11.6. The van der Waals surface area contributed by atoms with Crippen LogP contribution in [0, 0.1) is 0 Å². The van der Waals surface area contributed by atoms with Crippen molar-refractivity contribution in [1.29, 1.82) is 0 Å². The molecule has 1 fully saturated rings. The van der Waals surface area contributed by atoms with Gasteiger partial charge in [-0.1, -0.05) is 0 Å². The van der Waals surface area contributed by atoms with Crippen LogP contribution in [-0.4, -0.2) is 77.8 Å². The first-order chi connectivity index (χ1) is 7.84. The Balaban J connectivity index is 1.77. The predicted molar refractivity (Wildman–Crippen MR) is 62.8 cm³/mol. The van der Waals surface area contributed by atoms with E-state index >= 15 is 0 Å². The molecule has 5 nitrogen and oxygen atoms in total. The molecule has 1 aliphatic rings. The fourth-order valence-corrected chi connectivity index (χ4v) is 1.44. The molecule has 0 aromatic carbocycles. The molecule has 96 valence electrons. The second-order valence-corrected chi connectivity index (χ2v) is 4.01. The SMILES string of the molecule is COCCOCCOCCN(C)C1CNC1. The third-order valence-electron chi connectivity index (χ3n) is 2.78. The van der Waals surface area contributed by atoms with Gasteiger partial charge >= 0.3 is 0 Å². The topological polar surface area (TPSA) is 43.0 Å². The summed E-state index contributed by atoms with van der Waals surface area (Å²) in [5.41, 5.74) is 0. The number of nitrogens with zero attached hydrogens (tertiary/aromatic N) is 1. The predicted octanol–water partition coefficient (Wildman–Crippen LogP) is -0.430. The van der Waals surface area contributed by atoms with Gasteiger partial charge < -0.3 is 19.5 Å². The van der Waals surface area contributed by atoms with Crippen molar-refractivity contribution in [3.63, 3.8) is 0 Å². The third-order valence-corrected chi connectivity index (χ3v) is 2.78. The van der Waals surface area contributed by atoms with E-state index in [0.29, 0.717) is 32.5 Å². The van der Waals surface area contributed by atoms with E-state index in [4.69, 9.17) is 14.2 Å². The molecule has 1 N–H and O–H groups in total. The van der Waals surface area contributed by atoms with Gasteiger partial charge in [-0.25, -0.2) is 0 Å². The molecule has 0 amide bonds. The smallest absolute Gasteiger partial charge is 0.0701 e. The van der Waals surface area contributed by atoms with Crippen LogP contribution in [0.3, 0.4) is 0 Å². The van der Waals surface area contributed by atoms with E-state index < -0.39 is 0 Å². The lowest BCUT2D eigenvalue weighted by atomic mass is 10.1. The molecule has 0 spiro atoms. The molecule has 0 aliphatic carbocycles. The molecule has 0 aromatic heterocycles. The van der Waals surface area contributed by atoms with Crippen molar-refractivity contribution in [2.24, 2.45) is 0 Å². The van der Waals surface area contributed by atoms with Gasteiger partial charge in [0.1, 0.15) is 0 Å². The second-order valence-electron chi connectivity index (χ2n) is 4.01. The van der Waals surface area contributed by atoms with E-state index in [1.165, 1.54) is 0 Å². The minimum absolute atomic E-state index is 0.646. The Labute approximate surface area is 98.0 Å². The number of ether oxygens (including phenoxy) is 3. The van der Waals surface area contributed by atoms with E-state index in [9.17, 15) is 0 Å². The lowest BCUT2D eigenvalue weighted by Gasteiger charge is -2.35. The Morgan fingerprint density at radius 1 is 1.06 bits per heavy atom. The van der Waals surface area contributed by atoms with E-state index in [0.717, 1.165) is 26.2 Å². The van der Waals surface area contributed by atoms with E-state index in [-0.39, 0.29) is 0 Å². The molecule has 0 atom stereocenters. The molecule has 1 heterocycles. The van der Waals surface area contributed by atoms with Crippen molar-refractivity contribution < 1.29 is 14.2 Å². The van der Waals surface area contributed by atoms with Gasteiger partial charge in [-0.2, -0.15) is 0 Å². The van der Waals surface area contributed by atoms with Crippen molar-refractivity contribution in [1.82, 2.24) is 10.2 Å². The third kappa shape index (κ3) is 5.77. The van der Waals surface area contributed by atoms with Crippen LogP contribution in [0.2, 0.25) is 0 Å². The quantitative estimate of drug-likeness (QED) is 0.518. The molecule has 1 saturated heterocycles. The number of likely N-dealkylation sites (N-methyl/N-ethyl adjacent to an activating group) is 1. The van der Waals surface area contributed by atoms with Crippen LogP contribution in [0.1, 0.15) is 0 Å². The maximum atomic E-state index is 5.48. The Hall–Kier alpha value is -0.200. The molecule has 0 aromatic rings. The Bertz CT molecular complexity index is 165. The minimum Gasteiger partial charge on any atom is -0.382 e. The van der Waals surface area contributed by atoms with Crippen LogP contribution < -0.4 is 5.32 Å². The average molecular weight is 232 g/mol. The van der Waals surface area contributed by atoms with Crippen LogP contribution in [-0.2, 0) is 14.2 Å². The first-order valence-electron chi connectivity index (χ1n) is 5.90. The lowest BCUT2D eigenvalue weighted by Crippen LogP contribution is -2.56. The number of methoxy groups -OCH3 is 1. The maximum Gasteiger partial charge on any atom is 0.0701 e. The molecule has 0 saturated carbocycles. The Morgan fingerprint density at radius 3 is 2.25 bits per heavy atom. The van der Waals surface area contributed by atoms with Crippen molar-refractivity contribution in [3.8, 4) is 0 Å². The summed E-state index contributed by atoms with van der Waals surface area (Å²) >= 11 is 0. The molecule has 16 heavy (non-hydrogen) atoms. The molecule has 0 bridgehead atoms. The fraction of sp³-hybridized carbons (Fsp3) is 1.00. The molecular formula is C11H24N2O3. The van der Waals surface area contributed by atoms with Crippen LogP contribution in [0.15, 0.2) is 0 Å². The van der Waals surface area contributed by atoms with Crippen molar-refractivity contribution >= 4 is 0 Å². The van der Waals surface area contributed by atoms with Gasteiger partial charge in [0.25, 0.3) is 0 Å². The molecule has 1 aliphatic heterocycles. The van der Waals surface area contributed by atoms with Gasteiger partial charge in [0.05, 0.1) is 33.0 Å². The van der Waals surface area contributed by atoms with Gasteiger partial charge in [-0.3, -0.25) is 4.90 Å². The van der Waals surface area contributed by atoms with Gasteiger partial charge in [0.15, 0.2) is 0 Å². The van der Waals surface area contributed by atoms with Crippen LogP contribution in [0.4, 0.5) is 0 Å². The minimum atomic E-state index is 0.646. The first-order valence-corrected chi connectivity index (χ1v) is 5.90.